The Hall–Kier alpha value is -1.99. The van der Waals surface area contributed by atoms with Crippen molar-refractivity contribution in [1.29, 1.82) is 0 Å². The molecule has 7 heteroatoms. The van der Waals surface area contributed by atoms with Crippen LogP contribution in [0.25, 0.3) is 0 Å². The average Bonchev–Trinajstić information content (AvgIpc) is 2.85. The fourth-order valence-electron chi connectivity index (χ4n) is 1.98. The van der Waals surface area contributed by atoms with E-state index in [2.05, 4.69) is 27.4 Å². The van der Waals surface area contributed by atoms with Crippen molar-refractivity contribution in [3.8, 4) is 5.75 Å². The van der Waals surface area contributed by atoms with Crippen LogP contribution in [-0.2, 0) is 6.54 Å². The van der Waals surface area contributed by atoms with Gasteiger partial charge in [0.25, 0.3) is 0 Å². The van der Waals surface area contributed by atoms with Gasteiger partial charge in [0.1, 0.15) is 11.7 Å². The highest BCUT2D eigenvalue weighted by molar-refractivity contribution is 5.33. The van der Waals surface area contributed by atoms with Crippen molar-refractivity contribution in [3.05, 3.63) is 36.2 Å². The maximum Gasteiger partial charge on any atom is 0.162 e. The van der Waals surface area contributed by atoms with Crippen LogP contribution in [0.15, 0.2) is 24.8 Å². The van der Waals surface area contributed by atoms with Crippen LogP contribution < -0.4 is 16.0 Å². The SMILES string of the molecule is CCCn1ncc(OC)c1C(NN)c1cnccn1. The van der Waals surface area contributed by atoms with E-state index < -0.39 is 0 Å². The summed E-state index contributed by atoms with van der Waals surface area (Å²) in [5.74, 6) is 6.35. The molecule has 0 amide bonds. The number of ether oxygens (including phenoxy) is 1. The molecule has 3 N–H and O–H groups in total. The highest BCUT2D eigenvalue weighted by atomic mass is 16.5. The molecule has 0 aliphatic rings. The zero-order valence-electron chi connectivity index (χ0n) is 11.1. The molecule has 0 aliphatic heterocycles. The lowest BCUT2D eigenvalue weighted by atomic mass is 10.1. The zero-order valence-corrected chi connectivity index (χ0v) is 11.1. The van der Waals surface area contributed by atoms with Crippen molar-refractivity contribution in [3.63, 3.8) is 0 Å². The second kappa shape index (κ2) is 6.26. The molecule has 1 atom stereocenters. The van der Waals surface area contributed by atoms with Gasteiger partial charge in [-0.05, 0) is 6.42 Å². The molecule has 0 aromatic carbocycles. The number of hydrogen-bond acceptors (Lipinski definition) is 6. The normalized spacial score (nSPS) is 12.4. The second-order valence-electron chi connectivity index (χ2n) is 4.05. The molecule has 2 aromatic heterocycles. The highest BCUT2D eigenvalue weighted by Crippen LogP contribution is 2.28. The summed E-state index contributed by atoms with van der Waals surface area (Å²) in [4.78, 5) is 8.35. The fraction of sp³-hybridized carbons (Fsp3) is 0.417. The first-order chi connectivity index (χ1) is 9.31. The van der Waals surface area contributed by atoms with Crippen molar-refractivity contribution in [1.82, 2.24) is 25.2 Å². The van der Waals surface area contributed by atoms with Gasteiger partial charge in [0, 0.05) is 18.9 Å². The van der Waals surface area contributed by atoms with E-state index in [-0.39, 0.29) is 6.04 Å². The number of nitrogens with two attached hydrogens (primary N) is 1. The molecule has 2 heterocycles. The molecule has 102 valence electrons. The standard InChI is InChI=1S/C12H18N6O/c1-3-6-18-12(10(19-2)8-16-18)11(17-13)9-7-14-4-5-15-9/h4-5,7-8,11,17H,3,6,13H2,1-2H3. The van der Waals surface area contributed by atoms with Gasteiger partial charge in [-0.1, -0.05) is 6.92 Å². The first kappa shape index (κ1) is 13.4. The molecule has 2 rings (SSSR count). The topological polar surface area (TPSA) is 90.9 Å². The first-order valence-electron chi connectivity index (χ1n) is 6.13. The molecule has 0 bridgehead atoms. The average molecular weight is 262 g/mol. The van der Waals surface area contributed by atoms with E-state index in [0.29, 0.717) is 5.75 Å². The molecule has 0 saturated heterocycles. The molecule has 2 aromatic rings. The van der Waals surface area contributed by atoms with Gasteiger partial charge in [-0.25, -0.2) is 5.43 Å². The van der Waals surface area contributed by atoms with Crippen molar-refractivity contribution >= 4 is 0 Å². The van der Waals surface area contributed by atoms with Gasteiger partial charge in [0.05, 0.1) is 25.2 Å². The molecule has 0 radical (unpaired) electrons. The van der Waals surface area contributed by atoms with Crippen LogP contribution >= 0.6 is 0 Å². The summed E-state index contributed by atoms with van der Waals surface area (Å²) < 4.78 is 7.22. The molecule has 7 nitrogen and oxygen atoms in total. The third kappa shape index (κ3) is 2.72. The predicted molar refractivity (Wildman–Crippen MR) is 70.3 cm³/mol. The van der Waals surface area contributed by atoms with Gasteiger partial charge < -0.3 is 4.74 Å². The van der Waals surface area contributed by atoms with Gasteiger partial charge in [0.2, 0.25) is 0 Å². The Bertz CT molecular complexity index is 512. The number of hydrogen-bond donors (Lipinski definition) is 2. The van der Waals surface area contributed by atoms with Crippen molar-refractivity contribution in [2.75, 3.05) is 7.11 Å². The molecule has 0 saturated carbocycles. The maximum atomic E-state index is 5.67. The molecule has 0 fully saturated rings. The van der Waals surface area contributed by atoms with Gasteiger partial charge in [-0.3, -0.25) is 20.5 Å². The zero-order chi connectivity index (χ0) is 13.7. The van der Waals surface area contributed by atoms with E-state index in [9.17, 15) is 0 Å². The van der Waals surface area contributed by atoms with Crippen LogP contribution in [0.1, 0.15) is 30.8 Å². The first-order valence-corrected chi connectivity index (χ1v) is 6.13. The fourth-order valence-corrected chi connectivity index (χ4v) is 1.98. The Morgan fingerprint density at radius 1 is 1.42 bits per heavy atom. The lowest BCUT2D eigenvalue weighted by molar-refractivity contribution is 0.397. The van der Waals surface area contributed by atoms with Crippen LogP contribution in [0.5, 0.6) is 5.75 Å². The number of aromatic nitrogens is 4. The van der Waals surface area contributed by atoms with Crippen molar-refractivity contribution in [2.24, 2.45) is 5.84 Å². The molecule has 0 spiro atoms. The van der Waals surface area contributed by atoms with Gasteiger partial charge in [-0.2, -0.15) is 5.10 Å². The number of methoxy groups -OCH3 is 1. The smallest absolute Gasteiger partial charge is 0.162 e. The lowest BCUT2D eigenvalue weighted by Crippen LogP contribution is -2.31. The summed E-state index contributed by atoms with van der Waals surface area (Å²) in [5.41, 5.74) is 4.33. The lowest BCUT2D eigenvalue weighted by Gasteiger charge is -2.18. The minimum Gasteiger partial charge on any atom is -0.493 e. The minimum atomic E-state index is -0.308. The van der Waals surface area contributed by atoms with E-state index >= 15 is 0 Å². The Morgan fingerprint density at radius 2 is 2.26 bits per heavy atom. The summed E-state index contributed by atoms with van der Waals surface area (Å²) >= 11 is 0. The van der Waals surface area contributed by atoms with E-state index in [1.54, 1.807) is 31.9 Å². The summed E-state index contributed by atoms with van der Waals surface area (Å²) in [7, 11) is 1.61. The Balaban J connectivity index is 2.45. The summed E-state index contributed by atoms with van der Waals surface area (Å²) in [6.07, 6.45) is 7.58. The van der Waals surface area contributed by atoms with E-state index in [1.807, 2.05) is 4.68 Å². The third-order valence-corrected chi connectivity index (χ3v) is 2.82. The Morgan fingerprint density at radius 3 is 2.84 bits per heavy atom. The maximum absolute atomic E-state index is 5.67. The third-order valence-electron chi connectivity index (χ3n) is 2.82. The van der Waals surface area contributed by atoms with E-state index in [1.165, 1.54) is 0 Å². The van der Waals surface area contributed by atoms with Gasteiger partial charge in [0.15, 0.2) is 5.75 Å². The largest absolute Gasteiger partial charge is 0.493 e. The number of hydrazine groups is 1. The summed E-state index contributed by atoms with van der Waals surface area (Å²) in [6.45, 7) is 2.88. The van der Waals surface area contributed by atoms with Gasteiger partial charge >= 0.3 is 0 Å². The Labute approximate surface area is 111 Å². The van der Waals surface area contributed by atoms with Crippen LogP contribution in [0.2, 0.25) is 0 Å². The van der Waals surface area contributed by atoms with Crippen LogP contribution in [-0.4, -0.2) is 26.9 Å². The molecule has 1 unspecified atom stereocenters. The molecular weight excluding hydrogens is 244 g/mol. The van der Waals surface area contributed by atoms with Crippen LogP contribution in [0, 0.1) is 0 Å². The number of aryl methyl sites for hydroxylation is 1. The number of nitrogens with one attached hydrogen (secondary N) is 1. The van der Waals surface area contributed by atoms with Crippen LogP contribution in [0.4, 0.5) is 0 Å². The second-order valence-corrected chi connectivity index (χ2v) is 4.05. The monoisotopic (exact) mass is 262 g/mol. The minimum absolute atomic E-state index is 0.308. The summed E-state index contributed by atoms with van der Waals surface area (Å²) in [5, 5.41) is 4.32. The highest BCUT2D eigenvalue weighted by Gasteiger charge is 2.23. The summed E-state index contributed by atoms with van der Waals surface area (Å²) in [6, 6.07) is -0.308. The van der Waals surface area contributed by atoms with E-state index in [4.69, 9.17) is 10.6 Å². The molecule has 19 heavy (non-hydrogen) atoms. The van der Waals surface area contributed by atoms with Crippen molar-refractivity contribution < 1.29 is 4.74 Å². The van der Waals surface area contributed by atoms with Crippen molar-refractivity contribution in [2.45, 2.75) is 25.9 Å². The van der Waals surface area contributed by atoms with Crippen LogP contribution in [0.3, 0.4) is 0 Å². The molecular formula is C12H18N6O. The molecule has 0 aliphatic carbocycles. The number of rotatable bonds is 6. The Kier molecular flexibility index (Phi) is 4.43. The predicted octanol–water partition coefficient (Wildman–Crippen LogP) is 0.644. The quantitative estimate of drug-likeness (QED) is 0.586. The van der Waals surface area contributed by atoms with E-state index in [0.717, 1.165) is 24.4 Å². The van der Waals surface area contributed by atoms with Gasteiger partial charge in [-0.15, -0.1) is 0 Å². The number of nitrogens with zero attached hydrogens (tertiary/aromatic N) is 4.